The van der Waals surface area contributed by atoms with Crippen molar-refractivity contribution in [2.24, 2.45) is 5.10 Å². The number of rotatable bonds is 4. The van der Waals surface area contributed by atoms with E-state index in [0.29, 0.717) is 10.7 Å². The van der Waals surface area contributed by atoms with E-state index in [4.69, 9.17) is 11.6 Å². The second-order valence-corrected chi connectivity index (χ2v) is 7.12. The molecule has 2 aromatic carbocycles. The van der Waals surface area contributed by atoms with Gasteiger partial charge in [0, 0.05) is 35.8 Å². The van der Waals surface area contributed by atoms with Gasteiger partial charge in [0.1, 0.15) is 13.0 Å². The lowest BCUT2D eigenvalue weighted by molar-refractivity contribution is -0.137. The molecule has 0 amide bonds. The molecule has 0 spiro atoms. The Hall–Kier alpha value is -3.26. The summed E-state index contributed by atoms with van der Waals surface area (Å²) >= 11 is 6.22. The molecule has 4 rings (SSSR count). The van der Waals surface area contributed by atoms with Crippen LogP contribution >= 0.6 is 11.6 Å². The van der Waals surface area contributed by atoms with Crippen LogP contribution < -0.4 is 14.8 Å². The molecule has 0 unspecified atom stereocenters. The van der Waals surface area contributed by atoms with E-state index in [1.54, 1.807) is 40.5 Å². The second kappa shape index (κ2) is 7.87. The number of hydrogen-bond donors (Lipinski definition) is 0. The van der Waals surface area contributed by atoms with E-state index < -0.39 is 11.7 Å². The Morgan fingerprint density at radius 1 is 1.03 bits per heavy atom. The van der Waals surface area contributed by atoms with E-state index in [2.05, 4.69) is 10.1 Å². The summed E-state index contributed by atoms with van der Waals surface area (Å²) in [6.07, 6.45) is 0.502. The summed E-state index contributed by atoms with van der Waals surface area (Å²) in [6, 6.07) is 14.3. The van der Waals surface area contributed by atoms with Gasteiger partial charge in [-0.3, -0.25) is 4.98 Å². The predicted molar refractivity (Wildman–Crippen MR) is 114 cm³/mol. The van der Waals surface area contributed by atoms with Crippen LogP contribution in [0.3, 0.4) is 0 Å². The Labute approximate surface area is 176 Å². The summed E-state index contributed by atoms with van der Waals surface area (Å²) < 4.78 is 39.2. The molecule has 5 nitrogen and oxygen atoms in total. The van der Waals surface area contributed by atoms with Crippen LogP contribution in [-0.4, -0.2) is 25.0 Å². The summed E-state index contributed by atoms with van der Waals surface area (Å²) in [5, 5.41) is 6.61. The average molecular weight is 432 g/mol. The SMILES string of the molecule is CN(c1ccncc1)c1ccc(Cl)cc1N1CN(c2cccc(C(F)(F)F)c2)C=N1. The van der Waals surface area contributed by atoms with Crippen molar-refractivity contribution in [3.05, 3.63) is 77.6 Å². The molecule has 0 N–H and O–H groups in total. The Bertz CT molecular complexity index is 1070. The first-order valence-electron chi connectivity index (χ1n) is 9.02. The van der Waals surface area contributed by atoms with E-state index in [1.807, 2.05) is 30.1 Å². The maximum absolute atomic E-state index is 13.1. The van der Waals surface area contributed by atoms with Crippen molar-refractivity contribution in [3.63, 3.8) is 0 Å². The number of halogens is 4. The minimum Gasteiger partial charge on any atom is -0.343 e. The lowest BCUT2D eigenvalue weighted by Crippen LogP contribution is -2.27. The monoisotopic (exact) mass is 431 g/mol. The van der Waals surface area contributed by atoms with Gasteiger partial charge in [0.25, 0.3) is 0 Å². The molecule has 0 fully saturated rings. The Balaban J connectivity index is 1.62. The lowest BCUT2D eigenvalue weighted by atomic mass is 10.2. The van der Waals surface area contributed by atoms with Crippen LogP contribution in [0.5, 0.6) is 0 Å². The number of hydrogen-bond acceptors (Lipinski definition) is 5. The van der Waals surface area contributed by atoms with E-state index in [1.165, 1.54) is 12.4 Å². The molecule has 1 aliphatic heterocycles. The van der Waals surface area contributed by atoms with Crippen LogP contribution in [0.15, 0.2) is 72.1 Å². The zero-order chi connectivity index (χ0) is 21.3. The largest absolute Gasteiger partial charge is 0.416 e. The normalized spacial score (nSPS) is 13.8. The van der Waals surface area contributed by atoms with Gasteiger partial charge in [-0.25, -0.2) is 5.01 Å². The van der Waals surface area contributed by atoms with Crippen molar-refractivity contribution in [1.29, 1.82) is 0 Å². The van der Waals surface area contributed by atoms with Crippen LogP contribution in [-0.2, 0) is 6.18 Å². The molecule has 0 saturated carbocycles. The number of nitrogens with zero attached hydrogens (tertiary/aromatic N) is 5. The number of hydrazone groups is 1. The fourth-order valence-corrected chi connectivity index (χ4v) is 3.35. The van der Waals surface area contributed by atoms with E-state index in [0.717, 1.165) is 29.2 Å². The molecule has 1 aromatic heterocycles. The highest BCUT2D eigenvalue weighted by molar-refractivity contribution is 6.31. The topological polar surface area (TPSA) is 35.0 Å². The molecule has 0 bridgehead atoms. The molecule has 1 aliphatic rings. The van der Waals surface area contributed by atoms with Crippen molar-refractivity contribution in [3.8, 4) is 0 Å². The van der Waals surface area contributed by atoms with Gasteiger partial charge in [-0.2, -0.15) is 18.3 Å². The second-order valence-electron chi connectivity index (χ2n) is 6.69. The number of alkyl halides is 3. The summed E-state index contributed by atoms with van der Waals surface area (Å²) in [7, 11) is 1.91. The van der Waals surface area contributed by atoms with Gasteiger partial charge < -0.3 is 9.80 Å². The quantitative estimate of drug-likeness (QED) is 0.527. The third kappa shape index (κ3) is 4.04. The highest BCUT2D eigenvalue weighted by atomic mass is 35.5. The molecule has 0 saturated heterocycles. The highest BCUT2D eigenvalue weighted by Gasteiger charge is 2.31. The third-order valence-electron chi connectivity index (χ3n) is 4.75. The van der Waals surface area contributed by atoms with Crippen molar-refractivity contribution in [2.75, 3.05) is 28.5 Å². The number of pyridine rings is 1. The highest BCUT2D eigenvalue weighted by Crippen LogP contribution is 2.37. The van der Waals surface area contributed by atoms with Crippen LogP contribution in [0.4, 0.5) is 35.9 Å². The van der Waals surface area contributed by atoms with Gasteiger partial charge in [-0.05, 0) is 48.5 Å². The van der Waals surface area contributed by atoms with Gasteiger partial charge in [-0.1, -0.05) is 17.7 Å². The molecule has 30 heavy (non-hydrogen) atoms. The van der Waals surface area contributed by atoms with Gasteiger partial charge in [0.2, 0.25) is 0 Å². The molecule has 2 heterocycles. The molecular weight excluding hydrogens is 415 g/mol. The maximum atomic E-state index is 13.1. The van der Waals surface area contributed by atoms with E-state index in [9.17, 15) is 13.2 Å². The zero-order valence-electron chi connectivity index (χ0n) is 15.9. The molecular formula is C21H17ClF3N5. The minimum absolute atomic E-state index is 0.249. The number of anilines is 4. The Morgan fingerprint density at radius 2 is 1.80 bits per heavy atom. The molecule has 9 heteroatoms. The van der Waals surface area contributed by atoms with E-state index >= 15 is 0 Å². The standard InChI is InChI=1S/C21H17ClF3N5/c1-28(17-7-9-26-10-8-17)19-6-5-16(22)12-20(19)30-14-29(13-27-30)18-4-2-3-15(11-18)21(23,24)25/h2-13H,14H2,1H3. The lowest BCUT2D eigenvalue weighted by Gasteiger charge is -2.27. The molecule has 154 valence electrons. The van der Waals surface area contributed by atoms with Gasteiger partial charge >= 0.3 is 6.18 Å². The van der Waals surface area contributed by atoms with Gasteiger partial charge in [0.15, 0.2) is 0 Å². The van der Waals surface area contributed by atoms with Crippen molar-refractivity contribution in [1.82, 2.24) is 4.98 Å². The smallest absolute Gasteiger partial charge is 0.343 e. The summed E-state index contributed by atoms with van der Waals surface area (Å²) in [5.41, 5.74) is 2.20. The summed E-state index contributed by atoms with van der Waals surface area (Å²) in [4.78, 5) is 7.65. The van der Waals surface area contributed by atoms with Crippen molar-refractivity contribution < 1.29 is 13.2 Å². The molecule has 3 aromatic rings. The first kappa shape index (κ1) is 20.0. The Morgan fingerprint density at radius 3 is 2.53 bits per heavy atom. The van der Waals surface area contributed by atoms with Crippen LogP contribution in [0, 0.1) is 0 Å². The third-order valence-corrected chi connectivity index (χ3v) is 4.98. The van der Waals surface area contributed by atoms with Crippen LogP contribution in [0.2, 0.25) is 5.02 Å². The van der Waals surface area contributed by atoms with Gasteiger partial charge in [0.05, 0.1) is 16.9 Å². The maximum Gasteiger partial charge on any atom is 0.416 e. The van der Waals surface area contributed by atoms with Crippen molar-refractivity contribution >= 4 is 40.7 Å². The number of benzene rings is 2. The fraction of sp³-hybridized carbons (Fsp3) is 0.143. The zero-order valence-corrected chi connectivity index (χ0v) is 16.6. The van der Waals surface area contributed by atoms with Crippen molar-refractivity contribution in [2.45, 2.75) is 6.18 Å². The Kier molecular flexibility index (Phi) is 5.26. The molecule has 0 aliphatic carbocycles. The minimum atomic E-state index is -4.40. The van der Waals surface area contributed by atoms with Gasteiger partial charge in [-0.15, -0.1) is 0 Å². The molecule has 0 atom stereocenters. The van der Waals surface area contributed by atoms with Crippen LogP contribution in [0.1, 0.15) is 5.56 Å². The number of aromatic nitrogens is 1. The predicted octanol–water partition coefficient (Wildman–Crippen LogP) is 5.75. The average Bonchev–Trinajstić information content (AvgIpc) is 3.23. The fourth-order valence-electron chi connectivity index (χ4n) is 3.18. The first-order chi connectivity index (χ1) is 14.3. The first-order valence-corrected chi connectivity index (χ1v) is 9.39. The summed E-state index contributed by atoms with van der Waals surface area (Å²) in [5.74, 6) is 0. The summed E-state index contributed by atoms with van der Waals surface area (Å²) in [6.45, 7) is 0.249. The van der Waals surface area contributed by atoms with Crippen LogP contribution in [0.25, 0.3) is 0 Å². The molecule has 0 radical (unpaired) electrons. The van der Waals surface area contributed by atoms with E-state index in [-0.39, 0.29) is 6.67 Å².